The molecule has 0 aliphatic carbocycles. The van der Waals surface area contributed by atoms with Crippen molar-refractivity contribution in [3.05, 3.63) is 17.3 Å². The molecule has 10 heavy (non-hydrogen) atoms. The smallest absolute Gasteiger partial charge is 0.123 e. The molecule has 1 rings (SSSR count). The minimum absolute atomic E-state index is 0.532. The third-order valence-corrected chi connectivity index (χ3v) is 1.48. The van der Waals surface area contributed by atoms with Crippen LogP contribution in [0.2, 0.25) is 0 Å². The summed E-state index contributed by atoms with van der Waals surface area (Å²) in [4.78, 5) is 3.99. The lowest BCUT2D eigenvalue weighted by molar-refractivity contribution is 1.21. The Bertz CT molecular complexity index is 235. The maximum absolute atomic E-state index is 5.63. The summed E-state index contributed by atoms with van der Waals surface area (Å²) in [6, 6.07) is 1.77. The molecule has 0 spiro atoms. The van der Waals surface area contributed by atoms with Crippen LogP contribution in [0.4, 0.5) is 5.82 Å². The maximum atomic E-state index is 5.63. The summed E-state index contributed by atoms with van der Waals surface area (Å²) in [7, 11) is 5.63. The fraction of sp³-hybridized carbons (Fsp3) is 0.286. The molecule has 50 valence electrons. The van der Waals surface area contributed by atoms with Crippen LogP contribution >= 0.6 is 0 Å². The maximum Gasteiger partial charge on any atom is 0.123 e. The highest BCUT2D eigenvalue weighted by Gasteiger charge is 1.97. The van der Waals surface area contributed by atoms with E-state index in [1.807, 2.05) is 13.8 Å². The van der Waals surface area contributed by atoms with Gasteiger partial charge in [-0.3, -0.25) is 0 Å². The van der Waals surface area contributed by atoms with Crippen LogP contribution in [-0.4, -0.2) is 12.8 Å². The Balaban J connectivity index is 3.31. The van der Waals surface area contributed by atoms with E-state index >= 15 is 0 Å². The van der Waals surface area contributed by atoms with Crippen LogP contribution in [0.3, 0.4) is 0 Å². The zero-order valence-electron chi connectivity index (χ0n) is 6.18. The van der Waals surface area contributed by atoms with E-state index in [0.29, 0.717) is 5.82 Å². The predicted molar refractivity (Wildman–Crippen MR) is 43.5 cm³/mol. The molecule has 0 fully saturated rings. The molecule has 0 amide bonds. The van der Waals surface area contributed by atoms with E-state index in [1.54, 1.807) is 6.07 Å². The molecule has 0 saturated heterocycles. The summed E-state index contributed by atoms with van der Waals surface area (Å²) < 4.78 is 0. The van der Waals surface area contributed by atoms with Crippen LogP contribution in [0.1, 0.15) is 11.3 Å². The van der Waals surface area contributed by atoms with E-state index in [4.69, 9.17) is 13.6 Å². The zero-order valence-corrected chi connectivity index (χ0v) is 6.18. The van der Waals surface area contributed by atoms with Crippen molar-refractivity contribution in [2.75, 3.05) is 5.73 Å². The lowest BCUT2D eigenvalue weighted by Gasteiger charge is -2.03. The van der Waals surface area contributed by atoms with Crippen LogP contribution in [0, 0.1) is 13.8 Å². The fourth-order valence-electron chi connectivity index (χ4n) is 0.871. The summed E-state index contributed by atoms with van der Waals surface area (Å²) in [5.74, 6) is 0.532. The van der Waals surface area contributed by atoms with Gasteiger partial charge in [0.15, 0.2) is 0 Å². The Labute approximate surface area is 61.9 Å². The van der Waals surface area contributed by atoms with Gasteiger partial charge in [-0.05, 0) is 19.9 Å². The molecule has 0 unspecified atom stereocenters. The molecule has 2 N–H and O–H groups in total. The van der Waals surface area contributed by atoms with Crippen molar-refractivity contribution in [1.82, 2.24) is 4.98 Å². The number of pyridine rings is 1. The van der Waals surface area contributed by atoms with Gasteiger partial charge in [0, 0.05) is 5.69 Å². The second-order valence-corrected chi connectivity index (χ2v) is 2.36. The van der Waals surface area contributed by atoms with Crippen molar-refractivity contribution >= 4 is 19.1 Å². The highest BCUT2D eigenvalue weighted by atomic mass is 14.8. The standard InChI is InChI=1S/C7H9BN2/c1-4-3-6(9)10-5(2)7(4)8/h3H,1-2H3,(H2,9,10). The molecule has 1 aromatic rings. The van der Waals surface area contributed by atoms with Gasteiger partial charge in [-0.15, -0.1) is 0 Å². The Morgan fingerprint density at radius 3 is 2.60 bits per heavy atom. The van der Waals surface area contributed by atoms with Gasteiger partial charge in [-0.25, -0.2) is 4.98 Å². The Morgan fingerprint density at radius 1 is 1.50 bits per heavy atom. The third kappa shape index (κ3) is 1.13. The molecule has 0 atom stereocenters. The number of aryl methyl sites for hydroxylation is 2. The molecular weight excluding hydrogens is 123 g/mol. The van der Waals surface area contributed by atoms with Crippen molar-refractivity contribution < 1.29 is 0 Å². The van der Waals surface area contributed by atoms with Crippen LogP contribution in [0.25, 0.3) is 0 Å². The number of nitrogen functional groups attached to an aromatic ring is 1. The molecule has 3 heteroatoms. The van der Waals surface area contributed by atoms with E-state index < -0.39 is 0 Å². The topological polar surface area (TPSA) is 38.9 Å². The summed E-state index contributed by atoms with van der Waals surface area (Å²) in [6.07, 6.45) is 0. The van der Waals surface area contributed by atoms with Gasteiger partial charge in [0.05, 0.1) is 0 Å². The normalized spacial score (nSPS) is 9.80. The van der Waals surface area contributed by atoms with Crippen LogP contribution in [0.15, 0.2) is 6.07 Å². The summed E-state index contributed by atoms with van der Waals surface area (Å²) >= 11 is 0. The summed E-state index contributed by atoms with van der Waals surface area (Å²) in [5, 5.41) is 0. The number of hydrogen-bond acceptors (Lipinski definition) is 2. The van der Waals surface area contributed by atoms with Crippen molar-refractivity contribution in [3.63, 3.8) is 0 Å². The van der Waals surface area contributed by atoms with E-state index in [-0.39, 0.29) is 0 Å². The molecule has 0 aromatic carbocycles. The van der Waals surface area contributed by atoms with Gasteiger partial charge >= 0.3 is 0 Å². The fourth-order valence-corrected chi connectivity index (χ4v) is 0.871. The molecule has 0 bridgehead atoms. The number of nitrogens with zero attached hydrogens (tertiary/aromatic N) is 1. The Kier molecular flexibility index (Phi) is 1.66. The Morgan fingerprint density at radius 2 is 2.10 bits per heavy atom. The van der Waals surface area contributed by atoms with Crippen molar-refractivity contribution in [3.8, 4) is 0 Å². The first-order chi connectivity index (χ1) is 4.61. The summed E-state index contributed by atoms with van der Waals surface area (Å²) in [6.45, 7) is 3.76. The average molecular weight is 132 g/mol. The molecule has 1 heterocycles. The number of rotatable bonds is 0. The van der Waals surface area contributed by atoms with Gasteiger partial charge in [-0.1, -0.05) is 11.0 Å². The second-order valence-electron chi connectivity index (χ2n) is 2.36. The Hall–Kier alpha value is -0.985. The van der Waals surface area contributed by atoms with Crippen LogP contribution in [-0.2, 0) is 0 Å². The van der Waals surface area contributed by atoms with E-state index in [1.165, 1.54) is 0 Å². The van der Waals surface area contributed by atoms with E-state index in [2.05, 4.69) is 4.98 Å². The number of anilines is 1. The minimum Gasteiger partial charge on any atom is -0.384 e. The predicted octanol–water partition coefficient (Wildman–Crippen LogP) is 0.0744. The van der Waals surface area contributed by atoms with Gasteiger partial charge < -0.3 is 5.73 Å². The lowest BCUT2D eigenvalue weighted by Crippen LogP contribution is -2.14. The SMILES string of the molecule is [B]c1c(C)cc(N)nc1C. The van der Waals surface area contributed by atoms with E-state index in [0.717, 1.165) is 16.7 Å². The number of nitrogens with two attached hydrogens (primary N) is 1. The highest BCUT2D eigenvalue weighted by Crippen LogP contribution is 2.00. The minimum atomic E-state index is 0.532. The molecule has 0 saturated carbocycles. The van der Waals surface area contributed by atoms with Crippen molar-refractivity contribution in [2.24, 2.45) is 0 Å². The molecule has 0 aliphatic heterocycles. The van der Waals surface area contributed by atoms with Gasteiger partial charge in [0.2, 0.25) is 0 Å². The molecule has 1 aromatic heterocycles. The lowest BCUT2D eigenvalue weighted by atomic mass is 9.90. The zero-order chi connectivity index (χ0) is 7.72. The van der Waals surface area contributed by atoms with Crippen LogP contribution in [0.5, 0.6) is 0 Å². The van der Waals surface area contributed by atoms with Crippen LogP contribution < -0.4 is 11.2 Å². The van der Waals surface area contributed by atoms with Crippen molar-refractivity contribution in [2.45, 2.75) is 13.8 Å². The first-order valence-corrected chi connectivity index (χ1v) is 3.10. The quantitative estimate of drug-likeness (QED) is 0.507. The largest absolute Gasteiger partial charge is 0.384 e. The monoisotopic (exact) mass is 132 g/mol. The molecule has 0 aliphatic rings. The van der Waals surface area contributed by atoms with Crippen molar-refractivity contribution in [1.29, 1.82) is 0 Å². The molecular formula is C7H9BN2. The second kappa shape index (κ2) is 2.33. The summed E-state index contributed by atoms with van der Waals surface area (Å²) in [5.41, 5.74) is 7.99. The van der Waals surface area contributed by atoms with E-state index in [9.17, 15) is 0 Å². The van der Waals surface area contributed by atoms with Gasteiger partial charge in [-0.2, -0.15) is 0 Å². The number of hydrogen-bond donors (Lipinski definition) is 1. The number of aromatic nitrogens is 1. The molecule has 2 nitrogen and oxygen atoms in total. The average Bonchev–Trinajstić information content (AvgIpc) is 1.82. The molecule has 2 radical (unpaired) electrons. The first-order valence-electron chi connectivity index (χ1n) is 3.10. The first kappa shape index (κ1) is 7.13. The van der Waals surface area contributed by atoms with Gasteiger partial charge in [0.25, 0.3) is 0 Å². The highest BCUT2D eigenvalue weighted by molar-refractivity contribution is 6.34. The third-order valence-electron chi connectivity index (χ3n) is 1.48. The van der Waals surface area contributed by atoms with Gasteiger partial charge in [0.1, 0.15) is 13.7 Å².